The zero-order valence-corrected chi connectivity index (χ0v) is 15.6. The second-order valence-electron chi connectivity index (χ2n) is 6.72. The van der Waals surface area contributed by atoms with Crippen molar-refractivity contribution in [1.29, 1.82) is 0 Å². The number of furan rings is 1. The summed E-state index contributed by atoms with van der Waals surface area (Å²) in [5.74, 6) is 1.51. The maximum Gasteiger partial charge on any atom is 0.276 e. The van der Waals surface area contributed by atoms with E-state index in [0.29, 0.717) is 18.0 Å². The topological polar surface area (TPSA) is 62.7 Å². The molecule has 3 aromatic rings. The first kappa shape index (κ1) is 17.1. The van der Waals surface area contributed by atoms with Crippen LogP contribution in [-0.2, 0) is 6.54 Å². The van der Waals surface area contributed by atoms with Crippen LogP contribution >= 0.6 is 11.3 Å². The molecule has 4 rings (SSSR count). The molecule has 136 valence electrons. The number of piperazine rings is 1. The Morgan fingerprint density at radius 3 is 2.88 bits per heavy atom. The van der Waals surface area contributed by atoms with E-state index in [-0.39, 0.29) is 18.0 Å². The number of hydrogen-bond donors (Lipinski definition) is 0. The van der Waals surface area contributed by atoms with Crippen LogP contribution in [-0.4, -0.2) is 46.0 Å². The van der Waals surface area contributed by atoms with Crippen molar-refractivity contribution < 1.29 is 13.7 Å². The van der Waals surface area contributed by atoms with E-state index >= 15 is 0 Å². The van der Waals surface area contributed by atoms with Crippen molar-refractivity contribution in [3.8, 4) is 10.6 Å². The van der Waals surface area contributed by atoms with Gasteiger partial charge in [-0.3, -0.25) is 9.69 Å². The summed E-state index contributed by atoms with van der Waals surface area (Å²) in [7, 11) is 0. The lowest BCUT2D eigenvalue weighted by molar-refractivity contribution is 0.0262. The van der Waals surface area contributed by atoms with Crippen molar-refractivity contribution in [3.63, 3.8) is 0 Å². The van der Waals surface area contributed by atoms with E-state index in [9.17, 15) is 4.79 Å². The van der Waals surface area contributed by atoms with Gasteiger partial charge in [0.25, 0.3) is 5.91 Å². The maximum atomic E-state index is 12.9. The predicted molar refractivity (Wildman–Crippen MR) is 98.9 cm³/mol. The van der Waals surface area contributed by atoms with Gasteiger partial charge in [-0.1, -0.05) is 11.2 Å². The number of aromatic nitrogens is 1. The highest BCUT2D eigenvalue weighted by atomic mass is 32.1. The lowest BCUT2D eigenvalue weighted by Crippen LogP contribution is -2.57. The highest BCUT2D eigenvalue weighted by Gasteiger charge is 2.34. The van der Waals surface area contributed by atoms with Gasteiger partial charge < -0.3 is 13.8 Å². The van der Waals surface area contributed by atoms with Crippen molar-refractivity contribution in [2.75, 3.05) is 13.1 Å². The van der Waals surface area contributed by atoms with Gasteiger partial charge in [0.1, 0.15) is 5.76 Å². The fourth-order valence-corrected chi connectivity index (χ4v) is 4.04. The monoisotopic (exact) mass is 371 g/mol. The van der Waals surface area contributed by atoms with Gasteiger partial charge in [0.2, 0.25) is 0 Å². The smallest absolute Gasteiger partial charge is 0.276 e. The standard InChI is InChI=1S/C19H21N3O3S/c1-13-11-22(14(2)10-21(13)12-15-5-3-7-24-15)19(23)16-9-17(25-20-16)18-6-4-8-26-18/h3-9,13-14H,10-12H2,1-2H3/t13-,14-/m0/s1. The van der Waals surface area contributed by atoms with E-state index in [1.807, 2.05) is 34.5 Å². The average Bonchev–Trinajstić information content (AvgIpc) is 3.39. The fraction of sp³-hybridized carbons (Fsp3) is 0.368. The van der Waals surface area contributed by atoms with Gasteiger partial charge in [0.05, 0.1) is 17.7 Å². The van der Waals surface area contributed by atoms with E-state index in [4.69, 9.17) is 8.94 Å². The Bertz CT molecular complexity index is 857. The minimum absolute atomic E-state index is 0.0754. The van der Waals surface area contributed by atoms with Crippen LogP contribution in [0.3, 0.4) is 0 Å². The molecule has 1 amide bonds. The first-order valence-electron chi connectivity index (χ1n) is 8.70. The molecule has 7 heteroatoms. The molecule has 4 heterocycles. The number of nitrogens with zero attached hydrogens (tertiary/aromatic N) is 3. The van der Waals surface area contributed by atoms with Gasteiger partial charge in [-0.15, -0.1) is 11.3 Å². The van der Waals surface area contributed by atoms with E-state index in [0.717, 1.165) is 23.7 Å². The Hall–Kier alpha value is -2.38. The van der Waals surface area contributed by atoms with Crippen LogP contribution in [0.4, 0.5) is 0 Å². The number of rotatable bonds is 4. The first-order valence-corrected chi connectivity index (χ1v) is 9.58. The van der Waals surface area contributed by atoms with Crippen molar-refractivity contribution in [2.24, 2.45) is 0 Å². The molecular formula is C19H21N3O3S. The molecule has 0 aromatic carbocycles. The molecule has 1 fully saturated rings. The molecule has 26 heavy (non-hydrogen) atoms. The highest BCUT2D eigenvalue weighted by molar-refractivity contribution is 7.13. The molecule has 1 aliphatic rings. The summed E-state index contributed by atoms with van der Waals surface area (Å²) < 4.78 is 10.8. The molecule has 0 bridgehead atoms. The van der Waals surface area contributed by atoms with Crippen LogP contribution in [0.25, 0.3) is 10.6 Å². The maximum absolute atomic E-state index is 12.9. The van der Waals surface area contributed by atoms with E-state index in [2.05, 4.69) is 23.9 Å². The van der Waals surface area contributed by atoms with Gasteiger partial charge in [-0.25, -0.2) is 0 Å². The van der Waals surface area contributed by atoms with Gasteiger partial charge in [0.15, 0.2) is 11.5 Å². The van der Waals surface area contributed by atoms with Gasteiger partial charge in [0, 0.05) is 31.2 Å². The Kier molecular flexibility index (Phi) is 4.65. The van der Waals surface area contributed by atoms with Crippen LogP contribution in [0.5, 0.6) is 0 Å². The van der Waals surface area contributed by atoms with Crippen LogP contribution in [0.2, 0.25) is 0 Å². The molecule has 3 aromatic heterocycles. The molecule has 6 nitrogen and oxygen atoms in total. The number of hydrogen-bond acceptors (Lipinski definition) is 6. The third-order valence-electron chi connectivity index (χ3n) is 4.81. The summed E-state index contributed by atoms with van der Waals surface area (Å²) in [6.07, 6.45) is 1.69. The van der Waals surface area contributed by atoms with Gasteiger partial charge in [-0.05, 0) is 37.4 Å². The van der Waals surface area contributed by atoms with E-state index < -0.39 is 0 Å². The van der Waals surface area contributed by atoms with Gasteiger partial charge in [-0.2, -0.15) is 0 Å². The molecule has 2 atom stereocenters. The summed E-state index contributed by atoms with van der Waals surface area (Å²) in [5, 5.41) is 5.97. The molecular weight excluding hydrogens is 350 g/mol. The van der Waals surface area contributed by atoms with Crippen molar-refractivity contribution in [3.05, 3.63) is 53.4 Å². The number of amides is 1. The Morgan fingerprint density at radius 1 is 1.27 bits per heavy atom. The SMILES string of the molecule is C[C@H]1CN(C(=O)c2cc(-c3cccs3)on2)[C@@H](C)CN1Cc1ccco1. The molecule has 0 radical (unpaired) electrons. The molecule has 0 spiro atoms. The predicted octanol–water partition coefficient (Wildman–Crippen LogP) is 3.73. The van der Waals surface area contributed by atoms with Crippen LogP contribution in [0.1, 0.15) is 30.1 Å². The van der Waals surface area contributed by atoms with Crippen molar-refractivity contribution in [1.82, 2.24) is 15.0 Å². The number of thiophene rings is 1. The Labute approximate surface area is 156 Å². The third-order valence-corrected chi connectivity index (χ3v) is 5.69. The summed E-state index contributed by atoms with van der Waals surface area (Å²) >= 11 is 1.57. The summed E-state index contributed by atoms with van der Waals surface area (Å²) in [6.45, 7) is 6.41. The minimum Gasteiger partial charge on any atom is -0.468 e. The molecule has 0 unspecified atom stereocenters. The number of carbonyl (C=O) groups is 1. The highest BCUT2D eigenvalue weighted by Crippen LogP contribution is 2.26. The second-order valence-corrected chi connectivity index (χ2v) is 7.67. The van der Waals surface area contributed by atoms with Crippen LogP contribution < -0.4 is 0 Å². The summed E-state index contributed by atoms with van der Waals surface area (Å²) in [5.41, 5.74) is 0.368. The molecule has 1 saturated heterocycles. The zero-order chi connectivity index (χ0) is 18.1. The quantitative estimate of drug-likeness (QED) is 0.699. The van der Waals surface area contributed by atoms with E-state index in [1.165, 1.54) is 0 Å². The van der Waals surface area contributed by atoms with Crippen molar-refractivity contribution in [2.45, 2.75) is 32.5 Å². The largest absolute Gasteiger partial charge is 0.468 e. The summed E-state index contributed by atoms with van der Waals surface area (Å²) in [4.78, 5) is 18.1. The van der Waals surface area contributed by atoms with E-state index in [1.54, 1.807) is 23.7 Å². The normalized spacial score (nSPS) is 21.2. The first-order chi connectivity index (χ1) is 12.6. The molecule has 1 aliphatic heterocycles. The van der Waals surface area contributed by atoms with Crippen LogP contribution in [0.15, 0.2) is 50.9 Å². The minimum atomic E-state index is -0.0754. The van der Waals surface area contributed by atoms with Crippen LogP contribution in [0, 0.1) is 0 Å². The molecule has 0 N–H and O–H groups in total. The number of carbonyl (C=O) groups excluding carboxylic acids is 1. The Morgan fingerprint density at radius 2 is 2.15 bits per heavy atom. The lowest BCUT2D eigenvalue weighted by atomic mass is 10.1. The summed E-state index contributed by atoms with van der Waals surface area (Å²) in [6, 6.07) is 9.86. The fourth-order valence-electron chi connectivity index (χ4n) is 3.36. The molecule has 0 aliphatic carbocycles. The average molecular weight is 371 g/mol. The third kappa shape index (κ3) is 3.32. The lowest BCUT2D eigenvalue weighted by Gasteiger charge is -2.43. The Balaban J connectivity index is 1.45. The van der Waals surface area contributed by atoms with Gasteiger partial charge >= 0.3 is 0 Å². The molecule has 0 saturated carbocycles. The van der Waals surface area contributed by atoms with Crippen molar-refractivity contribution >= 4 is 17.2 Å². The zero-order valence-electron chi connectivity index (χ0n) is 14.8. The second kappa shape index (κ2) is 7.09.